The Morgan fingerprint density at radius 1 is 1.44 bits per heavy atom. The van der Waals surface area contributed by atoms with E-state index < -0.39 is 0 Å². The minimum atomic E-state index is -0.310. The minimum absolute atomic E-state index is 0.000237. The molecule has 1 unspecified atom stereocenters. The Hall–Kier alpha value is -1.07. The standard InChI is InChI=1S/C13H18BrN3O/c1-13(2)8-16-12(18)11(7-15)17(13)10-5-3-9(14)4-6-10/h3-6,11H,7-8,15H2,1-2H3,(H,16,18). The number of amides is 1. The lowest BCUT2D eigenvalue weighted by molar-refractivity contribution is -0.124. The predicted molar refractivity (Wildman–Crippen MR) is 76.6 cm³/mol. The van der Waals surface area contributed by atoms with Crippen LogP contribution < -0.4 is 16.0 Å². The maximum Gasteiger partial charge on any atom is 0.244 e. The Balaban J connectivity index is 2.41. The van der Waals surface area contributed by atoms with Crippen LogP contribution in [0.4, 0.5) is 5.69 Å². The third-order valence-corrected chi connectivity index (χ3v) is 3.82. The van der Waals surface area contributed by atoms with Crippen molar-refractivity contribution in [3.8, 4) is 0 Å². The first-order valence-electron chi connectivity index (χ1n) is 5.98. The summed E-state index contributed by atoms with van der Waals surface area (Å²) in [5.74, 6) is -0.000237. The molecule has 1 atom stereocenters. The molecule has 1 amide bonds. The Kier molecular flexibility index (Phi) is 3.64. The van der Waals surface area contributed by atoms with Crippen molar-refractivity contribution in [1.29, 1.82) is 0 Å². The molecular formula is C13H18BrN3O. The van der Waals surface area contributed by atoms with E-state index in [0.29, 0.717) is 13.1 Å². The lowest BCUT2D eigenvalue weighted by Gasteiger charge is -2.48. The normalized spacial score (nSPS) is 22.8. The second-order valence-electron chi connectivity index (χ2n) is 5.13. The molecule has 0 aliphatic carbocycles. The first-order valence-corrected chi connectivity index (χ1v) is 6.78. The number of nitrogens with two attached hydrogens (primary N) is 1. The Morgan fingerprint density at radius 3 is 2.61 bits per heavy atom. The van der Waals surface area contributed by atoms with Gasteiger partial charge in [-0.05, 0) is 38.1 Å². The van der Waals surface area contributed by atoms with Crippen LogP contribution in [0.1, 0.15) is 13.8 Å². The molecule has 0 radical (unpaired) electrons. The van der Waals surface area contributed by atoms with Crippen LogP contribution in [0.25, 0.3) is 0 Å². The van der Waals surface area contributed by atoms with Crippen LogP contribution >= 0.6 is 15.9 Å². The zero-order valence-corrected chi connectivity index (χ0v) is 12.2. The van der Waals surface area contributed by atoms with Crippen LogP contribution in [0.2, 0.25) is 0 Å². The smallest absolute Gasteiger partial charge is 0.244 e. The van der Waals surface area contributed by atoms with Gasteiger partial charge in [0.15, 0.2) is 0 Å². The highest BCUT2D eigenvalue weighted by Crippen LogP contribution is 2.29. The van der Waals surface area contributed by atoms with Crippen molar-refractivity contribution in [2.24, 2.45) is 5.73 Å². The molecule has 1 aromatic carbocycles. The monoisotopic (exact) mass is 311 g/mol. The van der Waals surface area contributed by atoms with Crippen molar-refractivity contribution in [3.05, 3.63) is 28.7 Å². The lowest BCUT2D eigenvalue weighted by Crippen LogP contribution is -2.67. The van der Waals surface area contributed by atoms with Crippen LogP contribution in [0, 0.1) is 0 Å². The van der Waals surface area contributed by atoms with Crippen LogP contribution in [0.3, 0.4) is 0 Å². The maximum absolute atomic E-state index is 11.9. The first-order chi connectivity index (χ1) is 8.45. The van der Waals surface area contributed by atoms with Crippen molar-refractivity contribution in [3.63, 3.8) is 0 Å². The van der Waals surface area contributed by atoms with Gasteiger partial charge in [-0.25, -0.2) is 0 Å². The molecule has 2 rings (SSSR count). The first kappa shape index (κ1) is 13.4. The zero-order valence-electron chi connectivity index (χ0n) is 10.6. The van der Waals surface area contributed by atoms with Gasteiger partial charge in [0.2, 0.25) is 5.91 Å². The van der Waals surface area contributed by atoms with Gasteiger partial charge < -0.3 is 16.0 Å². The number of piperazine rings is 1. The molecule has 1 saturated heterocycles. The fraction of sp³-hybridized carbons (Fsp3) is 0.462. The number of rotatable bonds is 2. The van der Waals surface area contributed by atoms with Gasteiger partial charge in [-0.2, -0.15) is 0 Å². The summed E-state index contributed by atoms with van der Waals surface area (Å²) in [7, 11) is 0. The third kappa shape index (κ3) is 2.37. The molecule has 1 heterocycles. The van der Waals surface area contributed by atoms with Gasteiger partial charge >= 0.3 is 0 Å². The Labute approximate surface area is 116 Å². The molecule has 18 heavy (non-hydrogen) atoms. The van der Waals surface area contributed by atoms with Gasteiger partial charge in [0.05, 0.1) is 5.54 Å². The van der Waals surface area contributed by atoms with Crippen molar-refractivity contribution in [2.75, 3.05) is 18.0 Å². The quantitative estimate of drug-likeness (QED) is 0.870. The third-order valence-electron chi connectivity index (χ3n) is 3.29. The average Bonchev–Trinajstić information content (AvgIpc) is 2.33. The summed E-state index contributed by atoms with van der Waals surface area (Å²) in [6.45, 7) is 5.15. The molecule has 0 saturated carbocycles. The highest BCUT2D eigenvalue weighted by Gasteiger charge is 2.40. The van der Waals surface area contributed by atoms with Gasteiger partial charge in [0, 0.05) is 23.2 Å². The summed E-state index contributed by atoms with van der Waals surface area (Å²) in [5, 5.41) is 2.91. The molecule has 0 bridgehead atoms. The minimum Gasteiger partial charge on any atom is -0.352 e. The van der Waals surface area contributed by atoms with Gasteiger partial charge in [-0.1, -0.05) is 15.9 Å². The largest absolute Gasteiger partial charge is 0.352 e. The van der Waals surface area contributed by atoms with E-state index in [0.717, 1.165) is 10.2 Å². The second-order valence-corrected chi connectivity index (χ2v) is 6.04. The summed E-state index contributed by atoms with van der Waals surface area (Å²) in [6, 6.07) is 7.66. The number of carbonyl (C=O) groups excluding carboxylic acids is 1. The molecule has 1 aromatic rings. The zero-order chi connectivity index (χ0) is 13.3. The highest BCUT2D eigenvalue weighted by molar-refractivity contribution is 9.10. The summed E-state index contributed by atoms with van der Waals surface area (Å²) >= 11 is 3.42. The Morgan fingerprint density at radius 2 is 2.06 bits per heavy atom. The van der Waals surface area contributed by atoms with E-state index in [1.807, 2.05) is 24.3 Å². The number of halogens is 1. The van der Waals surface area contributed by atoms with Gasteiger partial charge in [0.25, 0.3) is 0 Å². The highest BCUT2D eigenvalue weighted by atomic mass is 79.9. The van der Waals surface area contributed by atoms with Gasteiger partial charge in [0.1, 0.15) is 6.04 Å². The number of benzene rings is 1. The number of nitrogens with one attached hydrogen (secondary N) is 1. The van der Waals surface area contributed by atoms with E-state index in [2.05, 4.69) is 40.0 Å². The average molecular weight is 312 g/mol. The van der Waals surface area contributed by atoms with E-state index in [9.17, 15) is 4.79 Å². The molecule has 0 spiro atoms. The van der Waals surface area contributed by atoms with Crippen molar-refractivity contribution < 1.29 is 4.79 Å². The van der Waals surface area contributed by atoms with Crippen LogP contribution in [0.15, 0.2) is 28.7 Å². The molecule has 1 aliphatic heterocycles. The fourth-order valence-electron chi connectivity index (χ4n) is 2.39. The summed E-state index contributed by atoms with van der Waals surface area (Å²) in [6.07, 6.45) is 0. The topological polar surface area (TPSA) is 58.4 Å². The van der Waals surface area contributed by atoms with Gasteiger partial charge in [-0.3, -0.25) is 4.79 Å². The van der Waals surface area contributed by atoms with Gasteiger partial charge in [-0.15, -0.1) is 0 Å². The fourth-order valence-corrected chi connectivity index (χ4v) is 2.65. The molecule has 98 valence electrons. The van der Waals surface area contributed by atoms with Crippen LogP contribution in [-0.4, -0.2) is 30.6 Å². The molecule has 5 heteroatoms. The molecule has 1 fully saturated rings. The summed E-state index contributed by atoms with van der Waals surface area (Å²) in [4.78, 5) is 14.0. The number of hydrogen-bond acceptors (Lipinski definition) is 3. The van der Waals surface area contributed by atoms with Crippen molar-refractivity contribution >= 4 is 27.5 Å². The molecule has 4 nitrogen and oxygen atoms in total. The van der Waals surface area contributed by atoms with E-state index in [1.54, 1.807) is 0 Å². The molecular weight excluding hydrogens is 294 g/mol. The second kappa shape index (κ2) is 4.90. The van der Waals surface area contributed by atoms with Crippen molar-refractivity contribution in [1.82, 2.24) is 5.32 Å². The SMILES string of the molecule is CC1(C)CNC(=O)C(CN)N1c1ccc(Br)cc1. The van der Waals surface area contributed by atoms with E-state index in [4.69, 9.17) is 5.73 Å². The van der Waals surface area contributed by atoms with E-state index in [1.165, 1.54) is 0 Å². The number of nitrogens with zero attached hydrogens (tertiary/aromatic N) is 1. The Bertz CT molecular complexity index is 444. The maximum atomic E-state index is 11.9. The number of carbonyl (C=O) groups is 1. The number of hydrogen-bond donors (Lipinski definition) is 2. The van der Waals surface area contributed by atoms with E-state index in [-0.39, 0.29) is 17.5 Å². The molecule has 0 aromatic heterocycles. The summed E-state index contributed by atoms with van der Waals surface area (Å²) in [5.41, 5.74) is 6.64. The summed E-state index contributed by atoms with van der Waals surface area (Å²) < 4.78 is 1.02. The number of anilines is 1. The predicted octanol–water partition coefficient (Wildman–Crippen LogP) is 1.49. The van der Waals surface area contributed by atoms with Crippen molar-refractivity contribution in [2.45, 2.75) is 25.4 Å². The molecule has 1 aliphatic rings. The van der Waals surface area contributed by atoms with Crippen LogP contribution in [0.5, 0.6) is 0 Å². The van der Waals surface area contributed by atoms with Crippen LogP contribution in [-0.2, 0) is 4.79 Å². The van der Waals surface area contributed by atoms with E-state index >= 15 is 0 Å². The lowest BCUT2D eigenvalue weighted by atomic mass is 9.94. The molecule has 3 N–H and O–H groups in total.